The predicted octanol–water partition coefficient (Wildman–Crippen LogP) is 2.14. The molecule has 0 spiro atoms. The minimum absolute atomic E-state index is 0.0323. The molecule has 0 aromatic heterocycles. The zero-order valence-corrected chi connectivity index (χ0v) is 29.7. The second-order valence-electron chi connectivity index (χ2n) is 13.8. The van der Waals surface area contributed by atoms with Crippen molar-refractivity contribution in [3.63, 3.8) is 0 Å². The first-order valence-electron chi connectivity index (χ1n) is 16.9. The number of carbonyl (C=O) groups is 4. The first-order chi connectivity index (χ1) is 23.6. The van der Waals surface area contributed by atoms with E-state index in [1.54, 1.807) is 6.08 Å². The van der Waals surface area contributed by atoms with Crippen LogP contribution in [0.4, 0.5) is 0 Å². The number of epoxide rings is 1. The molecule has 14 heteroatoms. The van der Waals surface area contributed by atoms with Gasteiger partial charge in [0.1, 0.15) is 17.8 Å². The van der Waals surface area contributed by atoms with Crippen molar-refractivity contribution in [3.05, 3.63) is 48.0 Å². The van der Waals surface area contributed by atoms with E-state index in [-0.39, 0.29) is 31.3 Å². The van der Waals surface area contributed by atoms with E-state index in [1.807, 2.05) is 51.1 Å². The molecule has 3 heterocycles. The number of methoxy groups -OCH3 is 2. The van der Waals surface area contributed by atoms with Crippen LogP contribution in [0.15, 0.2) is 42.5 Å². The van der Waals surface area contributed by atoms with Crippen LogP contribution in [0.1, 0.15) is 65.9 Å². The molecule has 1 unspecified atom stereocenters. The monoisotopic (exact) mass is 706 g/mol. The molecular weight excluding hydrogens is 656 g/mol. The highest BCUT2D eigenvalue weighted by Gasteiger charge is 2.85. The number of carbonyl (C=O) groups excluding carboxylic acids is 4. The molecule has 3 fully saturated rings. The number of ether oxygens (including phenoxy) is 7. The van der Waals surface area contributed by atoms with Gasteiger partial charge in [0.05, 0.1) is 20.8 Å². The molecule has 1 aromatic carbocycles. The highest BCUT2D eigenvalue weighted by molar-refractivity contribution is 5.95. The van der Waals surface area contributed by atoms with Gasteiger partial charge in [0, 0.05) is 25.3 Å². The van der Waals surface area contributed by atoms with Gasteiger partial charge < -0.3 is 48.5 Å². The topological polar surface area (TPSA) is 197 Å². The van der Waals surface area contributed by atoms with E-state index in [4.69, 9.17) is 33.2 Å². The van der Waals surface area contributed by atoms with Crippen LogP contribution in [-0.2, 0) is 58.8 Å². The molecule has 3 aliphatic rings. The number of fused-ring (bicyclic) bond motifs is 2. The van der Waals surface area contributed by atoms with Crippen LogP contribution in [0, 0.1) is 17.8 Å². The minimum atomic E-state index is -3.35. The Morgan fingerprint density at radius 3 is 2.22 bits per heavy atom. The zero-order valence-electron chi connectivity index (χ0n) is 29.7. The number of benzene rings is 1. The predicted molar refractivity (Wildman–Crippen MR) is 174 cm³/mol. The maximum absolute atomic E-state index is 13.5. The highest BCUT2D eigenvalue weighted by atomic mass is 16.8. The SMILES string of the molecule is CC[C@H](C)C[C@H](C)/C=C/C(=O)O[C@@H]1[C@@H](O)[C@]2(CCC3([C@@H](OC(C)=O)[C@H](C)Cc4ccccc4)CO3)O[C@H](O)[C@@](C(=O)OC)(O2)[C@@]1(O)C(=O)OC. The van der Waals surface area contributed by atoms with Gasteiger partial charge in [-0.1, -0.05) is 70.5 Å². The van der Waals surface area contributed by atoms with Gasteiger partial charge >= 0.3 is 23.9 Å². The summed E-state index contributed by atoms with van der Waals surface area (Å²) in [5.41, 5.74) is -6.52. The van der Waals surface area contributed by atoms with Gasteiger partial charge in [0.15, 0.2) is 6.10 Å². The lowest BCUT2D eigenvalue weighted by Gasteiger charge is -2.50. The summed E-state index contributed by atoms with van der Waals surface area (Å²) >= 11 is 0. The van der Waals surface area contributed by atoms with Crippen molar-refractivity contribution in [2.75, 3.05) is 20.8 Å². The average molecular weight is 707 g/mol. The second-order valence-corrected chi connectivity index (χ2v) is 13.8. The fourth-order valence-corrected chi connectivity index (χ4v) is 7.20. The maximum Gasteiger partial charge on any atom is 0.347 e. The van der Waals surface area contributed by atoms with E-state index in [9.17, 15) is 34.5 Å². The summed E-state index contributed by atoms with van der Waals surface area (Å²) in [5.74, 6) is -6.93. The Morgan fingerprint density at radius 1 is 1.02 bits per heavy atom. The summed E-state index contributed by atoms with van der Waals surface area (Å²) in [7, 11) is 1.81. The fraction of sp³-hybridized carbons (Fsp3) is 0.667. The molecule has 3 saturated heterocycles. The maximum atomic E-state index is 13.5. The summed E-state index contributed by atoms with van der Waals surface area (Å²) in [5, 5.41) is 35.2. The number of rotatable bonds is 16. The van der Waals surface area contributed by atoms with Crippen molar-refractivity contribution < 1.29 is 67.7 Å². The molecule has 3 aliphatic heterocycles. The van der Waals surface area contributed by atoms with Crippen LogP contribution in [0.5, 0.6) is 0 Å². The number of aliphatic hydroxyl groups is 3. The van der Waals surface area contributed by atoms with Crippen molar-refractivity contribution >= 4 is 23.9 Å². The van der Waals surface area contributed by atoms with Crippen molar-refractivity contribution in [2.24, 2.45) is 17.8 Å². The Hall–Kier alpha value is -3.40. The van der Waals surface area contributed by atoms with E-state index >= 15 is 0 Å². The number of hydrogen-bond acceptors (Lipinski definition) is 14. The quantitative estimate of drug-likeness (QED) is 0.0978. The molecule has 1 aromatic rings. The van der Waals surface area contributed by atoms with Gasteiger partial charge in [-0.05, 0) is 36.7 Å². The standard InChI is InChI=1S/C36H50O14/c1-8-21(2)18-22(3)14-15-26(38)48-29-27(39)34(49-32(42)36(50-34,31(41)45-7)35(29,43)30(40)44-6)17-16-33(20-46-33)28(47-24(5)37)23(4)19-25-12-10-9-11-13-25/h9-15,21-23,27-29,32,39,42-43H,8,16-20H2,1-7H3/b15-14+/t21-,22+,23+,27+,28-,29+,32-,33?,34+,35-,36+/m0/s1. The molecule has 0 radical (unpaired) electrons. The number of esters is 4. The van der Waals surface area contributed by atoms with Gasteiger partial charge in [0.25, 0.3) is 5.60 Å². The van der Waals surface area contributed by atoms with Crippen molar-refractivity contribution in [1.82, 2.24) is 0 Å². The molecule has 4 rings (SSSR count). The molecule has 0 aliphatic carbocycles. The third kappa shape index (κ3) is 7.32. The summed E-state index contributed by atoms with van der Waals surface area (Å²) in [4.78, 5) is 52.3. The summed E-state index contributed by atoms with van der Waals surface area (Å²) in [6, 6.07) is 9.56. The molecular formula is C36H50O14. The lowest BCUT2D eigenvalue weighted by molar-refractivity contribution is -0.340. The summed E-state index contributed by atoms with van der Waals surface area (Å²) in [6.45, 7) is 9.33. The molecule has 2 bridgehead atoms. The molecule has 278 valence electrons. The van der Waals surface area contributed by atoms with Gasteiger partial charge in [-0.2, -0.15) is 0 Å². The van der Waals surface area contributed by atoms with Gasteiger partial charge in [-0.15, -0.1) is 0 Å². The largest absolute Gasteiger partial charge is 0.467 e. The summed E-state index contributed by atoms with van der Waals surface area (Å²) < 4.78 is 38.6. The van der Waals surface area contributed by atoms with Crippen LogP contribution in [0.25, 0.3) is 0 Å². The normalized spacial score (nSPS) is 33.9. The number of allylic oxidation sites excluding steroid dienone is 1. The zero-order chi connectivity index (χ0) is 37.1. The Balaban J connectivity index is 1.69. The molecule has 0 saturated carbocycles. The van der Waals surface area contributed by atoms with Crippen LogP contribution in [0.2, 0.25) is 0 Å². The fourth-order valence-electron chi connectivity index (χ4n) is 7.20. The number of hydrogen-bond donors (Lipinski definition) is 3. The molecule has 14 nitrogen and oxygen atoms in total. The van der Waals surface area contributed by atoms with Crippen LogP contribution < -0.4 is 0 Å². The van der Waals surface area contributed by atoms with E-state index < -0.39 is 71.1 Å². The van der Waals surface area contributed by atoms with Crippen molar-refractivity contribution in [2.45, 2.75) is 114 Å². The Bertz CT molecular complexity index is 1410. The molecule has 3 N–H and O–H groups in total. The van der Waals surface area contributed by atoms with E-state index in [1.165, 1.54) is 6.92 Å². The van der Waals surface area contributed by atoms with Crippen LogP contribution in [0.3, 0.4) is 0 Å². The van der Waals surface area contributed by atoms with Gasteiger partial charge in [-0.25, -0.2) is 14.4 Å². The average Bonchev–Trinajstić information content (AvgIpc) is 3.82. The van der Waals surface area contributed by atoms with Gasteiger partial charge in [-0.3, -0.25) is 4.79 Å². The first-order valence-corrected chi connectivity index (χ1v) is 16.9. The third-order valence-electron chi connectivity index (χ3n) is 10.1. The molecule has 50 heavy (non-hydrogen) atoms. The Morgan fingerprint density at radius 2 is 1.66 bits per heavy atom. The lowest BCUT2D eigenvalue weighted by atomic mass is 9.71. The van der Waals surface area contributed by atoms with E-state index in [0.717, 1.165) is 38.7 Å². The second kappa shape index (κ2) is 15.5. The lowest BCUT2D eigenvalue weighted by Crippen LogP contribution is -2.80. The van der Waals surface area contributed by atoms with Crippen LogP contribution in [-0.4, -0.2) is 107 Å². The van der Waals surface area contributed by atoms with E-state index in [0.29, 0.717) is 12.3 Å². The molecule has 11 atom stereocenters. The van der Waals surface area contributed by atoms with Crippen molar-refractivity contribution in [3.8, 4) is 0 Å². The minimum Gasteiger partial charge on any atom is -0.467 e. The van der Waals surface area contributed by atoms with Crippen molar-refractivity contribution in [1.29, 1.82) is 0 Å². The highest BCUT2D eigenvalue weighted by Crippen LogP contribution is 2.56. The van der Waals surface area contributed by atoms with Gasteiger partial charge in [0.2, 0.25) is 17.7 Å². The van der Waals surface area contributed by atoms with Crippen LogP contribution >= 0.6 is 0 Å². The first kappa shape index (κ1) is 39.4. The smallest absolute Gasteiger partial charge is 0.347 e. The van der Waals surface area contributed by atoms with E-state index in [2.05, 4.69) is 6.92 Å². The Labute approximate surface area is 291 Å². The Kier molecular flexibility index (Phi) is 12.2. The molecule has 0 amide bonds. The number of aliphatic hydroxyl groups excluding tert-OH is 2. The summed E-state index contributed by atoms with van der Waals surface area (Å²) in [6.07, 6.45) is -3.12. The third-order valence-corrected chi connectivity index (χ3v) is 10.1.